The van der Waals surface area contributed by atoms with Gasteiger partial charge in [0.15, 0.2) is 0 Å². The average molecular weight is 271 g/mol. The second-order valence-electron chi connectivity index (χ2n) is 6.57. The van der Waals surface area contributed by atoms with Gasteiger partial charge in [-0.2, -0.15) is 0 Å². The molecule has 0 saturated heterocycles. The Balaban J connectivity index is 1.90. The predicted octanol–water partition coefficient (Wildman–Crippen LogP) is 3.54. The molecule has 1 heterocycles. The molecule has 1 aliphatic carbocycles. The smallest absolute Gasteiger partial charge is 0.0931 e. The van der Waals surface area contributed by atoms with E-state index in [0.29, 0.717) is 18.1 Å². The summed E-state index contributed by atoms with van der Waals surface area (Å²) in [5.41, 5.74) is 5.27. The molecule has 0 saturated carbocycles. The minimum absolute atomic E-state index is 0.609. The van der Waals surface area contributed by atoms with E-state index < -0.39 is 0 Å². The molecule has 20 heavy (non-hydrogen) atoms. The summed E-state index contributed by atoms with van der Waals surface area (Å²) in [6, 6.07) is 6.47. The highest BCUT2D eigenvalue weighted by Gasteiger charge is 2.28. The van der Waals surface area contributed by atoms with Crippen LogP contribution in [-0.2, 0) is 12.8 Å². The third-order valence-electron chi connectivity index (χ3n) is 4.56. The molecule has 3 nitrogen and oxygen atoms in total. The Hall–Kier alpha value is -1.35. The molecule has 1 atom stereocenters. The van der Waals surface area contributed by atoms with E-state index in [1.165, 1.54) is 35.9 Å². The standard InChI is InChI=1S/C17H25N3/c1-11(2)20(12(3)4)15-6-5-13-8-16-17(19-10-18-16)9-14(13)7-15/h8-12,15H,5-7H2,1-4H3,(H,18,19). The Bertz CT molecular complexity index is 589. The van der Waals surface area contributed by atoms with Crippen LogP contribution >= 0.6 is 0 Å². The fourth-order valence-corrected chi connectivity index (χ4v) is 3.86. The monoisotopic (exact) mass is 271 g/mol. The SMILES string of the molecule is CC(C)N(C(C)C)C1CCc2cc3nc[nH]c3cc2C1. The molecule has 3 rings (SSSR count). The summed E-state index contributed by atoms with van der Waals surface area (Å²) in [4.78, 5) is 10.3. The van der Waals surface area contributed by atoms with Gasteiger partial charge in [-0.05, 0) is 70.2 Å². The van der Waals surface area contributed by atoms with Gasteiger partial charge in [0.05, 0.1) is 17.4 Å². The molecule has 0 spiro atoms. The van der Waals surface area contributed by atoms with E-state index in [1.54, 1.807) is 6.33 Å². The first-order valence-corrected chi connectivity index (χ1v) is 7.78. The zero-order chi connectivity index (χ0) is 14.3. The number of H-pyrrole nitrogens is 1. The third-order valence-corrected chi connectivity index (χ3v) is 4.56. The lowest BCUT2D eigenvalue weighted by Crippen LogP contribution is -2.47. The van der Waals surface area contributed by atoms with Gasteiger partial charge < -0.3 is 4.98 Å². The summed E-state index contributed by atoms with van der Waals surface area (Å²) < 4.78 is 0. The number of rotatable bonds is 3. The number of nitrogens with zero attached hydrogens (tertiary/aromatic N) is 2. The van der Waals surface area contributed by atoms with Crippen LogP contribution in [0.5, 0.6) is 0 Å². The minimum Gasteiger partial charge on any atom is -0.345 e. The van der Waals surface area contributed by atoms with Crippen molar-refractivity contribution in [1.29, 1.82) is 0 Å². The molecule has 0 bridgehead atoms. The lowest BCUT2D eigenvalue weighted by atomic mass is 9.86. The highest BCUT2D eigenvalue weighted by Crippen LogP contribution is 2.29. The zero-order valence-electron chi connectivity index (χ0n) is 13.0. The van der Waals surface area contributed by atoms with Crippen LogP contribution in [-0.4, -0.2) is 33.0 Å². The summed E-state index contributed by atoms with van der Waals surface area (Å²) >= 11 is 0. The number of nitrogens with one attached hydrogen (secondary N) is 1. The zero-order valence-corrected chi connectivity index (χ0v) is 13.0. The van der Waals surface area contributed by atoms with Gasteiger partial charge in [-0.25, -0.2) is 4.98 Å². The van der Waals surface area contributed by atoms with Crippen molar-refractivity contribution in [2.24, 2.45) is 0 Å². The number of aromatic amines is 1. The minimum atomic E-state index is 0.609. The number of fused-ring (bicyclic) bond motifs is 2. The van der Waals surface area contributed by atoms with E-state index in [2.05, 4.69) is 54.7 Å². The van der Waals surface area contributed by atoms with E-state index in [-0.39, 0.29) is 0 Å². The van der Waals surface area contributed by atoms with Gasteiger partial charge in [-0.1, -0.05) is 0 Å². The Morgan fingerprint density at radius 1 is 1.15 bits per heavy atom. The van der Waals surface area contributed by atoms with Crippen molar-refractivity contribution in [1.82, 2.24) is 14.9 Å². The molecule has 1 unspecified atom stereocenters. The molecular formula is C17H25N3. The number of benzene rings is 1. The maximum absolute atomic E-state index is 4.37. The van der Waals surface area contributed by atoms with Crippen molar-refractivity contribution >= 4 is 11.0 Å². The van der Waals surface area contributed by atoms with Gasteiger partial charge in [-0.15, -0.1) is 0 Å². The molecule has 0 fully saturated rings. The highest BCUT2D eigenvalue weighted by molar-refractivity contribution is 5.76. The summed E-state index contributed by atoms with van der Waals surface area (Å²) in [7, 11) is 0. The molecule has 1 N–H and O–H groups in total. The van der Waals surface area contributed by atoms with Gasteiger partial charge >= 0.3 is 0 Å². The fraction of sp³-hybridized carbons (Fsp3) is 0.588. The number of aryl methyl sites for hydroxylation is 1. The van der Waals surface area contributed by atoms with Crippen LogP contribution in [0.25, 0.3) is 11.0 Å². The first-order valence-electron chi connectivity index (χ1n) is 7.78. The molecule has 2 aromatic rings. The van der Waals surface area contributed by atoms with Gasteiger partial charge in [0.2, 0.25) is 0 Å². The molecule has 0 amide bonds. The molecular weight excluding hydrogens is 246 g/mol. The molecule has 0 aliphatic heterocycles. The quantitative estimate of drug-likeness (QED) is 0.926. The van der Waals surface area contributed by atoms with Gasteiger partial charge in [-0.3, -0.25) is 4.90 Å². The number of imidazole rings is 1. The average Bonchev–Trinajstić information content (AvgIpc) is 2.82. The van der Waals surface area contributed by atoms with Gasteiger partial charge in [0, 0.05) is 18.1 Å². The van der Waals surface area contributed by atoms with Crippen molar-refractivity contribution in [3.05, 3.63) is 29.6 Å². The van der Waals surface area contributed by atoms with Crippen LogP contribution in [0, 0.1) is 0 Å². The summed E-state index contributed by atoms with van der Waals surface area (Å²) in [5.74, 6) is 0. The van der Waals surface area contributed by atoms with Crippen LogP contribution in [0.2, 0.25) is 0 Å². The van der Waals surface area contributed by atoms with E-state index in [4.69, 9.17) is 0 Å². The molecule has 108 valence electrons. The summed E-state index contributed by atoms with van der Waals surface area (Å²) in [6.07, 6.45) is 5.40. The number of hydrogen-bond acceptors (Lipinski definition) is 2. The topological polar surface area (TPSA) is 31.9 Å². The van der Waals surface area contributed by atoms with Crippen molar-refractivity contribution in [2.75, 3.05) is 0 Å². The Morgan fingerprint density at radius 2 is 1.90 bits per heavy atom. The van der Waals surface area contributed by atoms with Gasteiger partial charge in [0.1, 0.15) is 0 Å². The lowest BCUT2D eigenvalue weighted by molar-refractivity contribution is 0.102. The largest absolute Gasteiger partial charge is 0.345 e. The van der Waals surface area contributed by atoms with E-state index in [9.17, 15) is 0 Å². The summed E-state index contributed by atoms with van der Waals surface area (Å²) in [6.45, 7) is 9.25. The highest BCUT2D eigenvalue weighted by atomic mass is 15.2. The van der Waals surface area contributed by atoms with Crippen molar-refractivity contribution < 1.29 is 0 Å². The van der Waals surface area contributed by atoms with Crippen LogP contribution in [0.3, 0.4) is 0 Å². The van der Waals surface area contributed by atoms with Crippen LogP contribution < -0.4 is 0 Å². The molecule has 1 aromatic carbocycles. The second kappa shape index (κ2) is 5.21. The third kappa shape index (κ3) is 2.35. The number of hydrogen-bond donors (Lipinski definition) is 1. The maximum Gasteiger partial charge on any atom is 0.0931 e. The Kier molecular flexibility index (Phi) is 3.55. The molecule has 3 heteroatoms. The molecule has 1 aromatic heterocycles. The molecule has 1 aliphatic rings. The van der Waals surface area contributed by atoms with Crippen LogP contribution in [0.4, 0.5) is 0 Å². The lowest BCUT2D eigenvalue weighted by Gasteiger charge is -2.40. The number of aromatic nitrogens is 2. The maximum atomic E-state index is 4.37. The normalized spacial score (nSPS) is 19.2. The van der Waals surface area contributed by atoms with Gasteiger partial charge in [0.25, 0.3) is 0 Å². The predicted molar refractivity (Wildman–Crippen MR) is 84.0 cm³/mol. The Labute approximate surface area is 121 Å². The molecule has 0 radical (unpaired) electrons. The van der Waals surface area contributed by atoms with Crippen molar-refractivity contribution in [3.8, 4) is 0 Å². The van der Waals surface area contributed by atoms with Crippen LogP contribution in [0.15, 0.2) is 18.5 Å². The van der Waals surface area contributed by atoms with E-state index in [0.717, 1.165) is 5.52 Å². The summed E-state index contributed by atoms with van der Waals surface area (Å²) in [5, 5.41) is 0. The fourth-order valence-electron chi connectivity index (χ4n) is 3.86. The van der Waals surface area contributed by atoms with Crippen molar-refractivity contribution in [3.63, 3.8) is 0 Å². The van der Waals surface area contributed by atoms with E-state index >= 15 is 0 Å². The first kappa shape index (κ1) is 13.6. The second-order valence-corrected chi connectivity index (χ2v) is 6.57. The van der Waals surface area contributed by atoms with E-state index in [1.807, 2.05) is 0 Å². The Morgan fingerprint density at radius 3 is 2.60 bits per heavy atom. The van der Waals surface area contributed by atoms with Crippen LogP contribution in [0.1, 0.15) is 45.2 Å². The first-order chi connectivity index (χ1) is 9.56. The van der Waals surface area contributed by atoms with Crippen molar-refractivity contribution in [2.45, 2.75) is 65.1 Å².